The van der Waals surface area contributed by atoms with Gasteiger partial charge in [0.15, 0.2) is 0 Å². The number of carboxylic acid groups (broad SMARTS) is 1. The number of carbonyl (C=O) groups is 2. The van der Waals surface area contributed by atoms with Gasteiger partial charge in [0.25, 0.3) is 0 Å². The van der Waals surface area contributed by atoms with Gasteiger partial charge in [0.05, 0.1) is 12.1 Å². The summed E-state index contributed by atoms with van der Waals surface area (Å²) in [6.07, 6.45) is -9.70. The minimum absolute atomic E-state index is 0.180. The number of aliphatic carboxylic acids is 1. The summed E-state index contributed by atoms with van der Waals surface area (Å²) in [5.41, 5.74) is 0. The lowest BCUT2D eigenvalue weighted by Crippen LogP contribution is -2.36. The number of fused-ring (bicyclic) bond motifs is 1. The lowest BCUT2D eigenvalue weighted by molar-refractivity contribution is -0.137. The lowest BCUT2D eigenvalue weighted by atomic mass is 10.0. The molecule has 2 aliphatic heterocycles. The maximum atomic E-state index is 11.3. The van der Waals surface area contributed by atoms with Crippen molar-refractivity contribution in [2.75, 3.05) is 5.75 Å². The second-order valence-corrected chi connectivity index (χ2v) is 4.83. The highest BCUT2D eigenvalue weighted by Crippen LogP contribution is 2.33. The molecule has 3 atom stereocenters. The van der Waals surface area contributed by atoms with Crippen molar-refractivity contribution >= 4 is 23.8 Å². The van der Waals surface area contributed by atoms with Crippen LogP contribution in [0.2, 0.25) is 0 Å². The zero-order valence-electron chi connectivity index (χ0n) is 14.3. The van der Waals surface area contributed by atoms with E-state index in [1.165, 1.54) is 11.8 Å². The summed E-state index contributed by atoms with van der Waals surface area (Å²) in [7, 11) is 0. The molecule has 5 nitrogen and oxygen atoms in total. The maximum Gasteiger partial charge on any atom is 0.315 e. The summed E-state index contributed by atoms with van der Waals surface area (Å²) in [4.78, 5) is 22.2. The Kier molecular flexibility index (Phi) is 1.90. The second kappa shape index (κ2) is 4.95. The van der Waals surface area contributed by atoms with E-state index in [1.807, 2.05) is 0 Å². The number of hydrogen-bond acceptors (Lipinski definition) is 3. The molecular formula is C10H16N2O3S. The van der Waals surface area contributed by atoms with Gasteiger partial charge in [-0.2, -0.15) is 11.8 Å². The third-order valence-corrected chi connectivity index (χ3v) is 3.94. The lowest BCUT2D eigenvalue weighted by Gasteiger charge is -2.16. The SMILES string of the molecule is [2H]C([2H])(C[C@@H]1SC[C@@H]2NC(=O)N[C@@H]21)C([2H])([2H])C([2H])([2H])C(=O)O. The molecule has 2 heterocycles. The first kappa shape index (κ1) is 6.14. The Balaban J connectivity index is 2.17. The Morgan fingerprint density at radius 3 is 3.12 bits per heavy atom. The standard InChI is InChI=1S/C10H16N2O3S/c13-8(14)4-2-1-3-7-9-6(5-16-7)11-10(15)12-9/h6-7,9H,1-5H2,(H,13,14)(H2,11,12,15)/t6-,7-,9-/m0/s1/i1D2,2D2,4D2. The Hall–Kier alpha value is -0.910. The zero-order chi connectivity index (χ0) is 16.9. The van der Waals surface area contributed by atoms with Gasteiger partial charge in [-0.3, -0.25) is 4.79 Å². The Bertz CT molecular complexity index is 503. The van der Waals surface area contributed by atoms with Crippen LogP contribution in [0.1, 0.15) is 33.8 Å². The quantitative estimate of drug-likeness (QED) is 0.631. The van der Waals surface area contributed by atoms with Crippen molar-refractivity contribution in [1.29, 1.82) is 0 Å². The van der Waals surface area contributed by atoms with E-state index in [4.69, 9.17) is 13.3 Å². The fourth-order valence-electron chi connectivity index (χ4n) is 1.82. The first-order valence-electron chi connectivity index (χ1n) is 7.82. The van der Waals surface area contributed by atoms with Crippen molar-refractivity contribution in [3.8, 4) is 0 Å². The minimum Gasteiger partial charge on any atom is -0.481 e. The van der Waals surface area contributed by atoms with Crippen LogP contribution in [0.4, 0.5) is 4.79 Å². The Morgan fingerprint density at radius 2 is 2.38 bits per heavy atom. The molecule has 2 rings (SSSR count). The molecule has 3 N–H and O–H groups in total. The molecule has 0 unspecified atom stereocenters. The number of hydrogen-bond donors (Lipinski definition) is 3. The van der Waals surface area contributed by atoms with Gasteiger partial charge in [0.2, 0.25) is 0 Å². The summed E-state index contributed by atoms with van der Waals surface area (Å²) in [5, 5.41) is 13.7. The van der Waals surface area contributed by atoms with Crippen LogP contribution in [0.5, 0.6) is 0 Å². The molecule has 0 saturated carbocycles. The number of thioether (sulfide) groups is 1. The third-order valence-electron chi connectivity index (χ3n) is 2.50. The van der Waals surface area contributed by atoms with E-state index in [9.17, 15) is 9.59 Å². The van der Waals surface area contributed by atoms with Gasteiger partial charge in [-0.25, -0.2) is 4.79 Å². The molecule has 0 aromatic heterocycles. The van der Waals surface area contributed by atoms with Crippen LogP contribution >= 0.6 is 11.8 Å². The number of rotatable bonds is 5. The van der Waals surface area contributed by atoms with Crippen LogP contribution in [0.25, 0.3) is 0 Å². The van der Waals surface area contributed by atoms with Crippen molar-refractivity contribution in [2.24, 2.45) is 0 Å². The normalized spacial score (nSPS) is 40.2. The minimum atomic E-state index is -3.36. The number of carboxylic acids is 1. The van der Waals surface area contributed by atoms with Crippen molar-refractivity contribution in [2.45, 2.75) is 42.9 Å². The number of urea groups is 1. The smallest absolute Gasteiger partial charge is 0.315 e. The van der Waals surface area contributed by atoms with Crippen molar-refractivity contribution in [1.82, 2.24) is 10.6 Å². The van der Waals surface area contributed by atoms with Crippen LogP contribution in [-0.2, 0) is 4.79 Å². The van der Waals surface area contributed by atoms with E-state index in [-0.39, 0.29) is 18.1 Å². The fourth-order valence-corrected chi connectivity index (χ4v) is 3.23. The molecule has 16 heavy (non-hydrogen) atoms. The second-order valence-electron chi connectivity index (χ2n) is 3.56. The Morgan fingerprint density at radius 1 is 1.56 bits per heavy atom. The average Bonchev–Trinajstić information content (AvgIpc) is 2.89. The molecule has 90 valence electrons. The summed E-state index contributed by atoms with van der Waals surface area (Å²) in [6, 6.07) is -0.927. The molecule has 0 bridgehead atoms. The van der Waals surface area contributed by atoms with Crippen molar-refractivity contribution in [3.63, 3.8) is 0 Å². The average molecular weight is 250 g/mol. The van der Waals surface area contributed by atoms with Gasteiger partial charge in [0, 0.05) is 25.6 Å². The van der Waals surface area contributed by atoms with Crippen molar-refractivity contribution in [3.05, 3.63) is 0 Å². The molecule has 2 fully saturated rings. The highest BCUT2D eigenvalue weighted by Gasteiger charge is 2.42. The molecule has 0 aliphatic carbocycles. The van der Waals surface area contributed by atoms with Gasteiger partial charge in [-0.15, -0.1) is 0 Å². The third kappa shape index (κ3) is 2.61. The van der Waals surface area contributed by atoms with Crippen LogP contribution in [0.15, 0.2) is 0 Å². The monoisotopic (exact) mass is 250 g/mol. The summed E-state index contributed by atoms with van der Waals surface area (Å²) in [5.74, 6) is -1.51. The molecule has 0 aromatic rings. The molecule has 6 heteroatoms. The van der Waals surface area contributed by atoms with E-state index in [1.54, 1.807) is 0 Å². The molecular weight excluding hydrogens is 228 g/mol. The van der Waals surface area contributed by atoms with Crippen LogP contribution in [0, 0.1) is 0 Å². The van der Waals surface area contributed by atoms with E-state index < -0.39 is 36.8 Å². The van der Waals surface area contributed by atoms with E-state index >= 15 is 0 Å². The number of amides is 2. The van der Waals surface area contributed by atoms with E-state index in [0.717, 1.165) is 0 Å². The number of carbonyl (C=O) groups excluding carboxylic acids is 1. The number of nitrogens with one attached hydrogen (secondary N) is 2. The molecule has 2 aliphatic rings. The molecule has 2 amide bonds. The van der Waals surface area contributed by atoms with Gasteiger partial charge in [-0.05, 0) is 12.8 Å². The Labute approximate surface area is 107 Å². The van der Waals surface area contributed by atoms with Gasteiger partial charge in [-0.1, -0.05) is 6.37 Å². The first-order chi connectivity index (χ1) is 9.90. The molecule has 0 radical (unpaired) electrons. The van der Waals surface area contributed by atoms with Crippen LogP contribution in [-0.4, -0.2) is 40.2 Å². The summed E-state index contributed by atoms with van der Waals surface area (Å²) >= 11 is 1.34. The largest absolute Gasteiger partial charge is 0.481 e. The van der Waals surface area contributed by atoms with Gasteiger partial charge >= 0.3 is 12.0 Å². The predicted molar refractivity (Wildman–Crippen MR) is 61.6 cm³/mol. The first-order valence-corrected chi connectivity index (χ1v) is 5.87. The fraction of sp³-hybridized carbons (Fsp3) is 0.800. The van der Waals surface area contributed by atoms with E-state index in [0.29, 0.717) is 5.75 Å². The predicted octanol–water partition coefficient (Wildman–Crippen LogP) is 0.797. The van der Waals surface area contributed by atoms with Crippen LogP contribution in [0.3, 0.4) is 0 Å². The highest BCUT2D eigenvalue weighted by atomic mass is 32.2. The van der Waals surface area contributed by atoms with Crippen LogP contribution < -0.4 is 10.6 Å². The summed E-state index contributed by atoms with van der Waals surface area (Å²) in [6.45, 7) is 0. The van der Waals surface area contributed by atoms with Crippen molar-refractivity contribution < 1.29 is 22.9 Å². The molecule has 0 spiro atoms. The van der Waals surface area contributed by atoms with E-state index in [2.05, 4.69) is 10.6 Å². The molecule has 2 saturated heterocycles. The summed E-state index contributed by atoms with van der Waals surface area (Å²) < 4.78 is 45.8. The van der Waals surface area contributed by atoms with Gasteiger partial charge in [0.1, 0.15) is 0 Å². The zero-order valence-corrected chi connectivity index (χ0v) is 9.13. The topological polar surface area (TPSA) is 78.4 Å². The highest BCUT2D eigenvalue weighted by molar-refractivity contribution is 8.00. The maximum absolute atomic E-state index is 11.3. The van der Waals surface area contributed by atoms with Gasteiger partial charge < -0.3 is 15.7 Å². The molecule has 0 aromatic carbocycles.